The first-order chi connectivity index (χ1) is 17.5. The number of rotatable bonds is 7. The average molecular weight is 482 g/mol. The molecule has 9 heteroatoms. The molecule has 9 nitrogen and oxygen atoms in total. The zero-order valence-corrected chi connectivity index (χ0v) is 20.2. The number of carbonyl (C=O) groups is 1. The highest BCUT2D eigenvalue weighted by molar-refractivity contribution is 6.12. The fourth-order valence-corrected chi connectivity index (χ4v) is 4.10. The summed E-state index contributed by atoms with van der Waals surface area (Å²) >= 11 is 0. The topological polar surface area (TPSA) is 123 Å². The first-order valence-electron chi connectivity index (χ1n) is 11.5. The molecule has 0 saturated carbocycles. The molecule has 0 atom stereocenters. The molecule has 36 heavy (non-hydrogen) atoms. The van der Waals surface area contributed by atoms with Crippen molar-refractivity contribution in [2.75, 3.05) is 18.5 Å². The maximum atomic E-state index is 12.0. The Labute approximate surface area is 208 Å². The molecule has 3 aromatic heterocycles. The van der Waals surface area contributed by atoms with E-state index in [0.29, 0.717) is 18.9 Å². The maximum absolute atomic E-state index is 12.0. The summed E-state index contributed by atoms with van der Waals surface area (Å²) in [7, 11) is 1.88. The number of hydrogen-bond acceptors (Lipinski definition) is 6. The minimum atomic E-state index is -0.264. The number of aromatic nitrogens is 4. The van der Waals surface area contributed by atoms with Crippen LogP contribution in [-0.4, -0.2) is 51.1 Å². The number of aliphatic imine (C=N–C) groups is 1. The lowest BCUT2D eigenvalue weighted by Gasteiger charge is -2.21. The van der Waals surface area contributed by atoms with Gasteiger partial charge in [0.05, 0.1) is 31.1 Å². The molecule has 0 unspecified atom stereocenters. The SMILES string of the molecule is C=CC(=O)Nc1cc(-c2c(-c3cnn(C)c3)[nH]c3ncc(/C(C=NC4COC4)=C/N)cc23)ccc1C. The van der Waals surface area contributed by atoms with E-state index < -0.39 is 0 Å². The summed E-state index contributed by atoms with van der Waals surface area (Å²) in [5, 5.41) is 8.16. The number of allylic oxidation sites excluding steroid dienone is 1. The minimum Gasteiger partial charge on any atom is -0.404 e. The number of H-pyrrole nitrogens is 1. The lowest BCUT2D eigenvalue weighted by Crippen LogP contribution is -2.31. The number of fused-ring (bicyclic) bond motifs is 1. The van der Waals surface area contributed by atoms with Crippen molar-refractivity contribution < 1.29 is 9.53 Å². The zero-order valence-electron chi connectivity index (χ0n) is 20.2. The third-order valence-electron chi connectivity index (χ3n) is 6.17. The third-order valence-corrected chi connectivity index (χ3v) is 6.17. The van der Waals surface area contributed by atoms with Crippen LogP contribution in [0.2, 0.25) is 0 Å². The monoisotopic (exact) mass is 481 g/mol. The van der Waals surface area contributed by atoms with E-state index in [1.165, 1.54) is 12.3 Å². The van der Waals surface area contributed by atoms with E-state index in [1.54, 1.807) is 17.1 Å². The van der Waals surface area contributed by atoms with Crippen LogP contribution in [0.25, 0.3) is 39.0 Å². The Morgan fingerprint density at radius 3 is 2.81 bits per heavy atom. The predicted octanol–water partition coefficient (Wildman–Crippen LogP) is 3.83. The second-order valence-electron chi connectivity index (χ2n) is 8.71. The molecule has 1 aliphatic heterocycles. The molecule has 1 aromatic carbocycles. The number of anilines is 1. The smallest absolute Gasteiger partial charge is 0.247 e. The summed E-state index contributed by atoms with van der Waals surface area (Å²) in [5.41, 5.74) is 13.6. The summed E-state index contributed by atoms with van der Waals surface area (Å²) in [6, 6.07) is 8.19. The summed E-state index contributed by atoms with van der Waals surface area (Å²) in [6.45, 7) is 6.76. The molecule has 1 amide bonds. The average Bonchev–Trinajstić information content (AvgIpc) is 3.45. The van der Waals surface area contributed by atoms with Crippen molar-refractivity contribution >= 4 is 34.4 Å². The van der Waals surface area contributed by atoms with Gasteiger partial charge in [-0.15, -0.1) is 0 Å². The van der Waals surface area contributed by atoms with Gasteiger partial charge in [-0.25, -0.2) is 4.98 Å². The highest BCUT2D eigenvalue weighted by atomic mass is 16.5. The van der Waals surface area contributed by atoms with E-state index in [-0.39, 0.29) is 11.9 Å². The summed E-state index contributed by atoms with van der Waals surface area (Å²) in [5.74, 6) is -0.264. The van der Waals surface area contributed by atoms with E-state index in [4.69, 9.17) is 15.5 Å². The van der Waals surface area contributed by atoms with Gasteiger partial charge in [0.2, 0.25) is 5.91 Å². The van der Waals surface area contributed by atoms with Crippen molar-refractivity contribution in [3.05, 3.63) is 72.8 Å². The zero-order chi connectivity index (χ0) is 25.2. The summed E-state index contributed by atoms with van der Waals surface area (Å²) in [4.78, 5) is 24.8. The molecule has 1 fully saturated rings. The van der Waals surface area contributed by atoms with E-state index in [9.17, 15) is 4.79 Å². The van der Waals surface area contributed by atoms with Crippen LogP contribution in [-0.2, 0) is 16.6 Å². The Kier molecular flexibility index (Phi) is 6.22. The van der Waals surface area contributed by atoms with Crippen LogP contribution >= 0.6 is 0 Å². The lowest BCUT2D eigenvalue weighted by molar-refractivity contribution is -0.111. The number of nitrogens with one attached hydrogen (secondary N) is 2. The number of aryl methyl sites for hydroxylation is 2. The van der Waals surface area contributed by atoms with Crippen molar-refractivity contribution in [3.8, 4) is 22.4 Å². The molecule has 1 saturated heterocycles. The van der Waals surface area contributed by atoms with Crippen molar-refractivity contribution in [2.45, 2.75) is 13.0 Å². The van der Waals surface area contributed by atoms with Gasteiger partial charge in [0.25, 0.3) is 0 Å². The number of aromatic amines is 1. The number of nitrogens with two attached hydrogens (primary N) is 1. The Morgan fingerprint density at radius 1 is 1.31 bits per heavy atom. The van der Waals surface area contributed by atoms with Gasteiger partial charge in [0, 0.05) is 65.2 Å². The van der Waals surface area contributed by atoms with Crippen LogP contribution in [0.3, 0.4) is 0 Å². The van der Waals surface area contributed by atoms with Crippen molar-refractivity contribution in [1.29, 1.82) is 0 Å². The molecule has 4 N–H and O–H groups in total. The highest BCUT2D eigenvalue weighted by Gasteiger charge is 2.20. The van der Waals surface area contributed by atoms with Crippen LogP contribution in [0, 0.1) is 6.92 Å². The van der Waals surface area contributed by atoms with Gasteiger partial charge in [0.1, 0.15) is 5.65 Å². The van der Waals surface area contributed by atoms with Crippen LogP contribution < -0.4 is 11.1 Å². The Balaban J connectivity index is 1.67. The Morgan fingerprint density at radius 2 is 2.14 bits per heavy atom. The van der Waals surface area contributed by atoms with Gasteiger partial charge in [-0.05, 0) is 36.3 Å². The second-order valence-corrected chi connectivity index (χ2v) is 8.71. The molecule has 0 spiro atoms. The number of carbonyl (C=O) groups excluding carboxylic acids is 1. The van der Waals surface area contributed by atoms with Crippen LogP contribution in [0.4, 0.5) is 5.69 Å². The molecule has 0 radical (unpaired) electrons. The van der Waals surface area contributed by atoms with E-state index in [0.717, 1.165) is 50.1 Å². The molecule has 4 heterocycles. The third kappa shape index (κ3) is 4.44. The number of benzene rings is 1. The van der Waals surface area contributed by atoms with Gasteiger partial charge in [0.15, 0.2) is 0 Å². The van der Waals surface area contributed by atoms with Crippen LogP contribution in [0.5, 0.6) is 0 Å². The van der Waals surface area contributed by atoms with Crippen molar-refractivity contribution in [2.24, 2.45) is 17.8 Å². The van der Waals surface area contributed by atoms with Gasteiger partial charge in [-0.2, -0.15) is 5.10 Å². The van der Waals surface area contributed by atoms with Gasteiger partial charge in [-0.1, -0.05) is 18.7 Å². The number of pyridine rings is 1. The fraction of sp³-hybridized carbons (Fsp3) is 0.185. The van der Waals surface area contributed by atoms with Gasteiger partial charge < -0.3 is 20.8 Å². The molecule has 5 rings (SSSR count). The summed E-state index contributed by atoms with van der Waals surface area (Å²) in [6.07, 6.45) is 10.1. The van der Waals surface area contributed by atoms with Crippen molar-refractivity contribution in [1.82, 2.24) is 19.7 Å². The largest absolute Gasteiger partial charge is 0.404 e. The van der Waals surface area contributed by atoms with E-state index in [2.05, 4.69) is 33.0 Å². The van der Waals surface area contributed by atoms with Gasteiger partial charge >= 0.3 is 0 Å². The number of hydrogen-bond donors (Lipinski definition) is 3. The minimum absolute atomic E-state index is 0.161. The fourth-order valence-electron chi connectivity index (χ4n) is 4.10. The van der Waals surface area contributed by atoms with Crippen LogP contribution in [0.1, 0.15) is 11.1 Å². The number of nitrogens with zero attached hydrogens (tertiary/aromatic N) is 4. The standard InChI is InChI=1S/C27H27N7O2/c1-4-24(35)32-23-8-17(6-5-16(23)2)25-22-7-18(19(9-28)11-29-21-14-36-15-21)10-30-27(22)33-26(25)20-12-31-34(3)13-20/h4-13,21H,1,14-15,28H2,2-3H3,(H,30,33)(H,32,35)/b19-9+,29-11?. The predicted molar refractivity (Wildman–Crippen MR) is 143 cm³/mol. The Hall–Kier alpha value is -4.50. The second kappa shape index (κ2) is 9.63. The van der Waals surface area contributed by atoms with Crippen LogP contribution in [0.15, 0.2) is 66.7 Å². The summed E-state index contributed by atoms with van der Waals surface area (Å²) < 4.78 is 6.96. The molecule has 182 valence electrons. The highest BCUT2D eigenvalue weighted by Crippen LogP contribution is 2.39. The molecule has 1 aliphatic rings. The quantitative estimate of drug-likeness (QED) is 0.273. The first-order valence-corrected chi connectivity index (χ1v) is 11.5. The molecule has 0 aliphatic carbocycles. The van der Waals surface area contributed by atoms with Gasteiger partial charge in [-0.3, -0.25) is 14.5 Å². The van der Waals surface area contributed by atoms with E-state index in [1.807, 2.05) is 44.6 Å². The molecule has 0 bridgehead atoms. The first kappa shape index (κ1) is 23.3. The molecular weight excluding hydrogens is 454 g/mol. The van der Waals surface area contributed by atoms with Crippen molar-refractivity contribution in [3.63, 3.8) is 0 Å². The molecular formula is C27H27N7O2. The maximum Gasteiger partial charge on any atom is 0.247 e. The Bertz CT molecular complexity index is 1520. The normalized spacial score (nSPS) is 14.3. The lowest BCUT2D eigenvalue weighted by atomic mass is 9.97. The number of amides is 1. The molecule has 4 aromatic rings. The number of ether oxygens (including phenoxy) is 1. The van der Waals surface area contributed by atoms with E-state index >= 15 is 0 Å².